The van der Waals surface area contributed by atoms with Gasteiger partial charge in [0, 0.05) is 6.54 Å². The van der Waals surface area contributed by atoms with E-state index in [-0.39, 0.29) is 0 Å². The summed E-state index contributed by atoms with van der Waals surface area (Å²) in [6.45, 7) is 3.95. The Balaban J connectivity index is 3.08. The van der Waals surface area contributed by atoms with Gasteiger partial charge < -0.3 is 11.1 Å². The molecule has 3 heteroatoms. The van der Waals surface area contributed by atoms with Gasteiger partial charge in [-0.25, -0.2) is 0 Å². The topological polar surface area (TPSA) is 38.0 Å². The molecule has 0 saturated carbocycles. The van der Waals surface area contributed by atoms with E-state index in [1.165, 1.54) is 57.8 Å². The molecule has 0 aliphatic rings. The monoisotopic (exact) mass is 272 g/mol. The van der Waals surface area contributed by atoms with Gasteiger partial charge >= 0.3 is 0 Å². The van der Waals surface area contributed by atoms with E-state index in [0.717, 1.165) is 30.9 Å². The van der Waals surface area contributed by atoms with Crippen molar-refractivity contribution in [3.05, 3.63) is 0 Å². The smallest absolute Gasteiger partial charge is 0.0753 e. The molecule has 0 heterocycles. The minimum atomic E-state index is 0.744. The first-order chi connectivity index (χ1) is 8.81. The molecule has 18 heavy (non-hydrogen) atoms. The predicted molar refractivity (Wildman–Crippen MR) is 86.1 cm³/mol. The number of rotatable bonds is 13. The highest BCUT2D eigenvalue weighted by Crippen LogP contribution is 2.10. The zero-order valence-electron chi connectivity index (χ0n) is 12.2. The molecule has 0 saturated heterocycles. The van der Waals surface area contributed by atoms with Crippen LogP contribution in [0.5, 0.6) is 0 Å². The van der Waals surface area contributed by atoms with Crippen molar-refractivity contribution in [2.75, 3.05) is 13.1 Å². The molecule has 0 fully saturated rings. The summed E-state index contributed by atoms with van der Waals surface area (Å²) in [5.41, 5.74) is 5.43. The van der Waals surface area contributed by atoms with Crippen LogP contribution in [0.2, 0.25) is 0 Å². The Morgan fingerprint density at radius 1 is 0.889 bits per heavy atom. The molecule has 0 radical (unpaired) electrons. The Bertz CT molecular complexity index is 183. The van der Waals surface area contributed by atoms with E-state index in [1.54, 1.807) is 0 Å². The van der Waals surface area contributed by atoms with Gasteiger partial charge in [0.05, 0.1) is 4.99 Å². The summed E-state index contributed by atoms with van der Waals surface area (Å²) < 4.78 is 0. The van der Waals surface area contributed by atoms with Gasteiger partial charge in [-0.3, -0.25) is 0 Å². The van der Waals surface area contributed by atoms with Crippen LogP contribution >= 0.6 is 12.2 Å². The van der Waals surface area contributed by atoms with E-state index in [1.807, 2.05) is 0 Å². The first-order valence-electron chi connectivity index (χ1n) is 7.78. The molecule has 0 unspecified atom stereocenters. The van der Waals surface area contributed by atoms with Crippen molar-refractivity contribution in [2.24, 2.45) is 5.73 Å². The van der Waals surface area contributed by atoms with Crippen LogP contribution in [0.15, 0.2) is 0 Å². The number of hydrogen-bond acceptors (Lipinski definition) is 2. The summed E-state index contributed by atoms with van der Waals surface area (Å²) in [6, 6.07) is 0. The zero-order chi connectivity index (χ0) is 13.5. The lowest BCUT2D eigenvalue weighted by molar-refractivity contribution is 0.567. The fraction of sp³-hybridized carbons (Fsp3) is 0.933. The second-order valence-electron chi connectivity index (χ2n) is 5.07. The molecule has 0 spiro atoms. The maximum absolute atomic E-state index is 5.43. The molecule has 0 aromatic carbocycles. The standard InChI is InChI=1S/C15H32N2S/c1-2-3-4-5-6-7-8-9-10-12-15(18)17-14-11-13-16/h2-14,16H2,1H3,(H,17,18). The molecule has 0 aliphatic heterocycles. The average molecular weight is 273 g/mol. The predicted octanol–water partition coefficient (Wildman–Crippen LogP) is 4.17. The number of nitrogens with one attached hydrogen (secondary N) is 1. The third kappa shape index (κ3) is 13.9. The highest BCUT2D eigenvalue weighted by molar-refractivity contribution is 7.80. The largest absolute Gasteiger partial charge is 0.380 e. The Hall–Kier alpha value is -0.150. The summed E-state index contributed by atoms with van der Waals surface area (Å²) in [6.07, 6.45) is 14.4. The van der Waals surface area contributed by atoms with Crippen molar-refractivity contribution in [2.45, 2.75) is 77.6 Å². The van der Waals surface area contributed by atoms with Gasteiger partial charge in [0.1, 0.15) is 0 Å². The molecule has 0 aromatic heterocycles. The molecule has 0 bridgehead atoms. The van der Waals surface area contributed by atoms with Crippen molar-refractivity contribution in [3.63, 3.8) is 0 Å². The third-order valence-electron chi connectivity index (χ3n) is 3.21. The van der Waals surface area contributed by atoms with Crippen LogP contribution in [0.4, 0.5) is 0 Å². The van der Waals surface area contributed by atoms with Crippen LogP contribution in [-0.4, -0.2) is 18.1 Å². The molecule has 0 aliphatic carbocycles. The van der Waals surface area contributed by atoms with Crippen LogP contribution in [0.1, 0.15) is 77.6 Å². The highest BCUT2D eigenvalue weighted by atomic mass is 32.1. The summed E-state index contributed by atoms with van der Waals surface area (Å²) >= 11 is 5.26. The van der Waals surface area contributed by atoms with Gasteiger partial charge in [-0.15, -0.1) is 0 Å². The summed E-state index contributed by atoms with van der Waals surface area (Å²) in [4.78, 5) is 1.02. The van der Waals surface area contributed by atoms with E-state index in [0.29, 0.717) is 0 Å². The first-order valence-corrected chi connectivity index (χ1v) is 8.18. The van der Waals surface area contributed by atoms with E-state index >= 15 is 0 Å². The Morgan fingerprint density at radius 3 is 2.00 bits per heavy atom. The van der Waals surface area contributed by atoms with Crippen molar-refractivity contribution < 1.29 is 0 Å². The van der Waals surface area contributed by atoms with Gasteiger partial charge in [0.15, 0.2) is 0 Å². The number of nitrogens with two attached hydrogens (primary N) is 1. The maximum Gasteiger partial charge on any atom is 0.0753 e. The van der Waals surface area contributed by atoms with E-state index in [2.05, 4.69) is 12.2 Å². The van der Waals surface area contributed by atoms with Crippen LogP contribution in [0, 0.1) is 0 Å². The van der Waals surface area contributed by atoms with Crippen molar-refractivity contribution in [1.82, 2.24) is 5.32 Å². The van der Waals surface area contributed by atoms with Crippen LogP contribution < -0.4 is 11.1 Å². The Kier molecular flexibility index (Phi) is 14.8. The Morgan fingerprint density at radius 2 is 1.44 bits per heavy atom. The molecule has 0 amide bonds. The molecule has 3 N–H and O–H groups in total. The van der Waals surface area contributed by atoms with Crippen LogP contribution in [0.25, 0.3) is 0 Å². The molecule has 0 rings (SSSR count). The van der Waals surface area contributed by atoms with E-state index in [9.17, 15) is 0 Å². The molecular weight excluding hydrogens is 240 g/mol. The fourth-order valence-corrected chi connectivity index (χ4v) is 2.26. The van der Waals surface area contributed by atoms with E-state index < -0.39 is 0 Å². The number of thiocarbonyl (C=S) groups is 1. The third-order valence-corrected chi connectivity index (χ3v) is 3.56. The SMILES string of the molecule is CCCCCCCCCCCC(=S)NCCCN. The number of unbranched alkanes of at least 4 members (excludes halogenated alkanes) is 8. The molecule has 0 aromatic rings. The zero-order valence-corrected chi connectivity index (χ0v) is 13.0. The normalized spacial score (nSPS) is 10.6. The van der Waals surface area contributed by atoms with Crippen molar-refractivity contribution >= 4 is 17.2 Å². The summed E-state index contributed by atoms with van der Waals surface area (Å²) in [5, 5.41) is 3.26. The van der Waals surface area contributed by atoms with Crippen molar-refractivity contribution in [1.29, 1.82) is 0 Å². The van der Waals surface area contributed by atoms with Crippen LogP contribution in [-0.2, 0) is 0 Å². The molecule has 0 atom stereocenters. The molecule has 2 nitrogen and oxygen atoms in total. The minimum absolute atomic E-state index is 0.744. The lowest BCUT2D eigenvalue weighted by atomic mass is 10.1. The first kappa shape index (κ1) is 17.8. The van der Waals surface area contributed by atoms with Gasteiger partial charge in [-0.2, -0.15) is 0 Å². The molecule has 108 valence electrons. The second-order valence-corrected chi connectivity index (χ2v) is 5.56. The maximum atomic E-state index is 5.43. The molecular formula is C15H32N2S. The van der Waals surface area contributed by atoms with Gasteiger partial charge in [0.2, 0.25) is 0 Å². The summed E-state index contributed by atoms with van der Waals surface area (Å²) in [5.74, 6) is 0. The Labute approximate surface area is 119 Å². The van der Waals surface area contributed by atoms with Crippen molar-refractivity contribution in [3.8, 4) is 0 Å². The lowest BCUT2D eigenvalue weighted by Gasteiger charge is -2.07. The van der Waals surface area contributed by atoms with Gasteiger partial charge in [-0.1, -0.05) is 70.5 Å². The second kappa shape index (κ2) is 14.9. The quantitative estimate of drug-likeness (QED) is 0.390. The lowest BCUT2D eigenvalue weighted by Crippen LogP contribution is -2.24. The van der Waals surface area contributed by atoms with Gasteiger partial charge in [0.25, 0.3) is 0 Å². The summed E-state index contributed by atoms with van der Waals surface area (Å²) in [7, 11) is 0. The average Bonchev–Trinajstić information content (AvgIpc) is 2.37. The highest BCUT2D eigenvalue weighted by Gasteiger charge is 1.96. The van der Waals surface area contributed by atoms with E-state index in [4.69, 9.17) is 18.0 Å². The van der Waals surface area contributed by atoms with Gasteiger partial charge in [-0.05, 0) is 25.8 Å². The minimum Gasteiger partial charge on any atom is -0.380 e. The number of hydrogen-bond donors (Lipinski definition) is 2. The fourth-order valence-electron chi connectivity index (χ4n) is 2.01. The van der Waals surface area contributed by atoms with Crippen LogP contribution in [0.3, 0.4) is 0 Å².